The number of anilines is 1. The number of aromatic nitrogens is 1. The predicted molar refractivity (Wildman–Crippen MR) is 85.5 cm³/mol. The zero-order chi connectivity index (χ0) is 15.5. The summed E-state index contributed by atoms with van der Waals surface area (Å²) in [7, 11) is 1.57. The summed E-state index contributed by atoms with van der Waals surface area (Å²) in [6.45, 7) is 0. The normalized spacial score (nSPS) is 10.4. The van der Waals surface area contributed by atoms with E-state index < -0.39 is 0 Å². The van der Waals surface area contributed by atoms with Crippen LogP contribution in [-0.2, 0) is 0 Å². The molecule has 1 heterocycles. The Bertz CT molecular complexity index is 900. The lowest BCUT2D eigenvalue weighted by atomic mass is 10.1. The third-order valence-corrected chi connectivity index (χ3v) is 3.38. The lowest BCUT2D eigenvalue weighted by Gasteiger charge is -2.08. The van der Waals surface area contributed by atoms with Gasteiger partial charge in [0.05, 0.1) is 12.7 Å². The number of H-pyrrole nitrogens is 1. The minimum atomic E-state index is -0.291. The van der Waals surface area contributed by atoms with E-state index >= 15 is 0 Å². The first-order chi connectivity index (χ1) is 10.7. The molecule has 3 aromatic rings. The van der Waals surface area contributed by atoms with Gasteiger partial charge < -0.3 is 15.0 Å². The summed E-state index contributed by atoms with van der Waals surface area (Å²) in [6, 6.07) is 14.1. The van der Waals surface area contributed by atoms with Gasteiger partial charge in [0.25, 0.3) is 11.5 Å². The fraction of sp³-hybridized carbons (Fsp3) is 0.0588. The van der Waals surface area contributed by atoms with Gasteiger partial charge in [0, 0.05) is 28.7 Å². The van der Waals surface area contributed by atoms with Gasteiger partial charge in [-0.05, 0) is 18.2 Å². The molecule has 0 saturated heterocycles. The first kappa shape index (κ1) is 13.9. The monoisotopic (exact) mass is 294 g/mol. The van der Waals surface area contributed by atoms with Crippen molar-refractivity contribution in [2.24, 2.45) is 0 Å². The van der Waals surface area contributed by atoms with Crippen molar-refractivity contribution in [1.82, 2.24) is 4.98 Å². The summed E-state index contributed by atoms with van der Waals surface area (Å²) in [5.74, 6) is 0.366. The molecule has 1 amide bonds. The molecule has 0 unspecified atom stereocenters. The van der Waals surface area contributed by atoms with Crippen LogP contribution < -0.4 is 15.6 Å². The Morgan fingerprint density at radius 2 is 1.86 bits per heavy atom. The van der Waals surface area contributed by atoms with Crippen molar-refractivity contribution in [2.75, 3.05) is 12.4 Å². The van der Waals surface area contributed by atoms with E-state index in [-0.39, 0.29) is 11.5 Å². The Morgan fingerprint density at radius 3 is 2.64 bits per heavy atom. The van der Waals surface area contributed by atoms with Crippen LogP contribution in [0.2, 0.25) is 0 Å². The quantitative estimate of drug-likeness (QED) is 0.780. The summed E-state index contributed by atoms with van der Waals surface area (Å²) in [6.07, 6.45) is 1.43. The molecule has 0 bridgehead atoms. The highest BCUT2D eigenvalue weighted by atomic mass is 16.5. The van der Waals surface area contributed by atoms with Crippen LogP contribution in [0, 0.1) is 0 Å². The average molecular weight is 294 g/mol. The van der Waals surface area contributed by atoms with Gasteiger partial charge in [0.15, 0.2) is 0 Å². The van der Waals surface area contributed by atoms with Gasteiger partial charge in [-0.3, -0.25) is 9.59 Å². The van der Waals surface area contributed by atoms with Gasteiger partial charge in [0.2, 0.25) is 0 Å². The lowest BCUT2D eigenvalue weighted by molar-refractivity contribution is 0.102. The number of nitrogens with one attached hydrogen (secondary N) is 2. The number of hydrogen-bond donors (Lipinski definition) is 2. The second-order valence-electron chi connectivity index (χ2n) is 4.76. The molecule has 1 aromatic heterocycles. The summed E-state index contributed by atoms with van der Waals surface area (Å²) in [4.78, 5) is 26.8. The van der Waals surface area contributed by atoms with Gasteiger partial charge in [-0.15, -0.1) is 0 Å². The molecule has 0 fully saturated rings. The summed E-state index contributed by atoms with van der Waals surface area (Å²) >= 11 is 0. The number of methoxy groups -OCH3 is 1. The van der Waals surface area contributed by atoms with E-state index in [1.807, 2.05) is 0 Å². The number of ether oxygens (including phenoxy) is 1. The number of amides is 1. The number of aromatic amines is 1. The maximum Gasteiger partial charge on any atom is 0.257 e. The number of fused-ring (bicyclic) bond motifs is 1. The van der Waals surface area contributed by atoms with Crippen LogP contribution in [0.25, 0.3) is 10.8 Å². The molecular weight excluding hydrogens is 280 g/mol. The van der Waals surface area contributed by atoms with Crippen LogP contribution in [0.1, 0.15) is 10.4 Å². The molecule has 110 valence electrons. The van der Waals surface area contributed by atoms with Crippen molar-refractivity contribution in [3.63, 3.8) is 0 Å². The highest BCUT2D eigenvalue weighted by molar-refractivity contribution is 6.12. The van der Waals surface area contributed by atoms with E-state index in [4.69, 9.17) is 4.74 Å². The minimum Gasteiger partial charge on any atom is -0.497 e. The van der Waals surface area contributed by atoms with Gasteiger partial charge >= 0.3 is 0 Å². The molecule has 5 heteroatoms. The van der Waals surface area contributed by atoms with E-state index in [2.05, 4.69) is 10.3 Å². The number of rotatable bonds is 3. The number of hydrogen-bond acceptors (Lipinski definition) is 3. The van der Waals surface area contributed by atoms with E-state index in [9.17, 15) is 9.59 Å². The van der Waals surface area contributed by atoms with Crippen LogP contribution in [0.15, 0.2) is 59.5 Å². The van der Waals surface area contributed by atoms with Crippen molar-refractivity contribution >= 4 is 22.4 Å². The molecule has 0 aliphatic rings. The average Bonchev–Trinajstić information content (AvgIpc) is 2.55. The van der Waals surface area contributed by atoms with Crippen LogP contribution in [-0.4, -0.2) is 18.0 Å². The third-order valence-electron chi connectivity index (χ3n) is 3.38. The second-order valence-corrected chi connectivity index (χ2v) is 4.76. The SMILES string of the molecule is COc1cccc(NC(=O)c2c[nH]c(=O)c3ccccc23)c1. The Morgan fingerprint density at radius 1 is 1.09 bits per heavy atom. The number of carbonyl (C=O) groups is 1. The zero-order valence-corrected chi connectivity index (χ0v) is 11.9. The minimum absolute atomic E-state index is 0.214. The molecule has 0 atom stereocenters. The van der Waals surface area contributed by atoms with Crippen LogP contribution in [0.5, 0.6) is 5.75 Å². The van der Waals surface area contributed by atoms with E-state index in [0.29, 0.717) is 27.8 Å². The Labute approximate surface area is 126 Å². The fourth-order valence-corrected chi connectivity index (χ4v) is 2.30. The smallest absolute Gasteiger partial charge is 0.257 e. The van der Waals surface area contributed by atoms with Crippen LogP contribution in [0.3, 0.4) is 0 Å². The van der Waals surface area contributed by atoms with Crippen molar-refractivity contribution in [3.8, 4) is 5.75 Å². The molecule has 22 heavy (non-hydrogen) atoms. The standard InChI is InChI=1S/C17H14N2O3/c1-22-12-6-4-5-11(9-12)19-17(21)15-10-18-16(20)14-8-3-2-7-13(14)15/h2-10H,1H3,(H,18,20)(H,19,21). The molecule has 2 aromatic carbocycles. The molecular formula is C17H14N2O3. The second kappa shape index (κ2) is 5.73. The first-order valence-electron chi connectivity index (χ1n) is 6.75. The summed E-state index contributed by atoms with van der Waals surface area (Å²) in [5.41, 5.74) is 0.825. The number of benzene rings is 2. The van der Waals surface area contributed by atoms with Gasteiger partial charge in [-0.25, -0.2) is 0 Å². The van der Waals surface area contributed by atoms with Crippen molar-refractivity contribution in [2.45, 2.75) is 0 Å². The highest BCUT2D eigenvalue weighted by Crippen LogP contribution is 2.19. The zero-order valence-electron chi connectivity index (χ0n) is 11.9. The molecule has 0 aliphatic heterocycles. The molecule has 0 saturated carbocycles. The predicted octanol–water partition coefficient (Wildman–Crippen LogP) is 2.79. The van der Waals surface area contributed by atoms with Crippen LogP contribution >= 0.6 is 0 Å². The maximum atomic E-state index is 12.5. The first-order valence-corrected chi connectivity index (χ1v) is 6.75. The molecule has 2 N–H and O–H groups in total. The summed E-state index contributed by atoms with van der Waals surface area (Å²) in [5, 5.41) is 3.91. The lowest BCUT2D eigenvalue weighted by Crippen LogP contribution is -2.16. The van der Waals surface area contributed by atoms with Gasteiger partial charge in [0.1, 0.15) is 5.75 Å². The molecule has 0 radical (unpaired) electrons. The Kier molecular flexibility index (Phi) is 3.62. The molecule has 0 aliphatic carbocycles. The van der Waals surface area contributed by atoms with Crippen LogP contribution in [0.4, 0.5) is 5.69 Å². The third kappa shape index (κ3) is 2.56. The molecule has 0 spiro atoms. The maximum absolute atomic E-state index is 12.5. The molecule has 5 nitrogen and oxygen atoms in total. The van der Waals surface area contributed by atoms with E-state index in [0.717, 1.165) is 0 Å². The fourth-order valence-electron chi connectivity index (χ4n) is 2.30. The number of carbonyl (C=O) groups excluding carboxylic acids is 1. The topological polar surface area (TPSA) is 71.2 Å². The van der Waals surface area contributed by atoms with Crippen molar-refractivity contribution in [3.05, 3.63) is 70.6 Å². The largest absolute Gasteiger partial charge is 0.497 e. The molecule has 3 rings (SSSR count). The van der Waals surface area contributed by atoms with Crippen molar-refractivity contribution < 1.29 is 9.53 Å². The Hall–Kier alpha value is -3.08. The van der Waals surface area contributed by atoms with Gasteiger partial charge in [-0.2, -0.15) is 0 Å². The van der Waals surface area contributed by atoms with Crippen molar-refractivity contribution in [1.29, 1.82) is 0 Å². The highest BCUT2D eigenvalue weighted by Gasteiger charge is 2.12. The van der Waals surface area contributed by atoms with E-state index in [1.54, 1.807) is 55.6 Å². The Balaban J connectivity index is 1.99. The summed E-state index contributed by atoms with van der Waals surface area (Å²) < 4.78 is 5.13. The number of pyridine rings is 1. The van der Waals surface area contributed by atoms with E-state index in [1.165, 1.54) is 6.20 Å². The van der Waals surface area contributed by atoms with Gasteiger partial charge in [-0.1, -0.05) is 24.3 Å².